The average Bonchev–Trinajstić information content (AvgIpc) is 3.11. The van der Waals surface area contributed by atoms with E-state index < -0.39 is 11.4 Å². The Kier molecular flexibility index (Phi) is 4.58. The number of benzene rings is 1. The van der Waals surface area contributed by atoms with Crippen LogP contribution in [-0.2, 0) is 9.47 Å². The molecule has 2 heterocycles. The minimum atomic E-state index is -0.701. The summed E-state index contributed by atoms with van der Waals surface area (Å²) in [6.07, 6.45) is 2.43. The van der Waals surface area contributed by atoms with Gasteiger partial charge >= 0.3 is 5.97 Å². The zero-order valence-corrected chi connectivity index (χ0v) is 12.9. The Morgan fingerprint density at radius 2 is 2.08 bits per heavy atom. The fraction of sp³-hybridized carbons (Fsp3) is 0.353. The lowest BCUT2D eigenvalue weighted by Crippen LogP contribution is -2.33. The Morgan fingerprint density at radius 3 is 2.75 bits per heavy atom. The number of nitrogens with zero attached hydrogens (tertiary/aromatic N) is 2. The first-order valence-corrected chi connectivity index (χ1v) is 7.59. The molecule has 0 spiro atoms. The minimum absolute atomic E-state index is 0.0136. The Balaban J connectivity index is 1.73. The normalized spacial score (nSPS) is 16.3. The van der Waals surface area contributed by atoms with E-state index in [1.54, 1.807) is 12.1 Å². The van der Waals surface area contributed by atoms with Crippen molar-refractivity contribution in [1.82, 2.24) is 10.2 Å². The lowest BCUT2D eigenvalue weighted by Gasteiger charge is -2.29. The molecule has 2 aromatic rings. The number of ether oxygens (including phenoxy) is 2. The van der Waals surface area contributed by atoms with E-state index in [2.05, 4.69) is 16.3 Å². The number of esters is 1. The van der Waals surface area contributed by atoms with Crippen molar-refractivity contribution in [2.45, 2.75) is 12.8 Å². The third-order valence-electron chi connectivity index (χ3n) is 4.16. The highest BCUT2D eigenvalue weighted by Crippen LogP contribution is 2.30. The summed E-state index contributed by atoms with van der Waals surface area (Å²) >= 11 is 0. The topological polar surface area (TPSA) is 88.0 Å². The van der Waals surface area contributed by atoms with E-state index in [1.165, 1.54) is 18.3 Å². The molecule has 3 rings (SSSR count). The van der Waals surface area contributed by atoms with Crippen molar-refractivity contribution in [2.24, 2.45) is 5.41 Å². The molecule has 0 amide bonds. The molecule has 0 radical (unpaired) electrons. The van der Waals surface area contributed by atoms with Gasteiger partial charge in [-0.3, -0.25) is 5.10 Å². The number of hydrogen-bond donors (Lipinski definition) is 1. The monoisotopic (exact) mass is 329 g/mol. The van der Waals surface area contributed by atoms with Crippen molar-refractivity contribution in [3.8, 4) is 17.3 Å². The molecule has 0 unspecified atom stereocenters. The number of H-pyrrole nitrogens is 1. The molecule has 1 N–H and O–H groups in total. The van der Waals surface area contributed by atoms with Gasteiger partial charge in [-0.2, -0.15) is 10.4 Å². The number of nitrogens with one attached hydrogen (secondary N) is 1. The number of aromatic nitrogens is 2. The van der Waals surface area contributed by atoms with Crippen LogP contribution in [0.5, 0.6) is 0 Å². The van der Waals surface area contributed by atoms with Gasteiger partial charge < -0.3 is 9.47 Å². The molecule has 1 aromatic carbocycles. The van der Waals surface area contributed by atoms with Crippen molar-refractivity contribution in [2.75, 3.05) is 19.8 Å². The zero-order chi connectivity index (χ0) is 17.0. The highest BCUT2D eigenvalue weighted by molar-refractivity contribution is 5.95. The molecule has 124 valence electrons. The maximum atomic E-state index is 13.0. The van der Waals surface area contributed by atoms with Crippen LogP contribution in [0.4, 0.5) is 4.39 Å². The Hall–Kier alpha value is -2.72. The van der Waals surface area contributed by atoms with E-state index in [0.29, 0.717) is 37.3 Å². The number of carbonyl (C=O) groups excluding carboxylic acids is 1. The summed E-state index contributed by atoms with van der Waals surface area (Å²) in [5.41, 5.74) is 0.634. The van der Waals surface area contributed by atoms with Gasteiger partial charge in [0.05, 0.1) is 23.4 Å². The third kappa shape index (κ3) is 3.29. The summed E-state index contributed by atoms with van der Waals surface area (Å²) < 4.78 is 23.6. The van der Waals surface area contributed by atoms with Gasteiger partial charge in [-0.05, 0) is 37.1 Å². The average molecular weight is 329 g/mol. The number of halogens is 1. The third-order valence-corrected chi connectivity index (χ3v) is 4.16. The van der Waals surface area contributed by atoms with Gasteiger partial charge in [-0.1, -0.05) is 0 Å². The van der Waals surface area contributed by atoms with Crippen LogP contribution in [0.15, 0.2) is 30.5 Å². The predicted octanol–water partition coefficient (Wildman–Crippen LogP) is 2.69. The molecule has 1 aliphatic heterocycles. The summed E-state index contributed by atoms with van der Waals surface area (Å²) in [6.45, 7) is 0.981. The van der Waals surface area contributed by atoms with Gasteiger partial charge in [0.15, 0.2) is 0 Å². The van der Waals surface area contributed by atoms with E-state index in [0.717, 1.165) is 0 Å². The SMILES string of the molecule is N#CC1(COC(=O)c2cn[nH]c2-c2ccc(F)cc2)CCOCC1. The number of hydrogen-bond acceptors (Lipinski definition) is 5. The van der Waals surface area contributed by atoms with Gasteiger partial charge in [0.2, 0.25) is 0 Å². The standard InChI is InChI=1S/C17H16FN3O3/c18-13-3-1-12(2-4-13)15-14(9-20-21-15)16(22)24-11-17(10-19)5-7-23-8-6-17/h1-4,9H,5-8,11H2,(H,20,21). The van der Waals surface area contributed by atoms with Gasteiger partial charge in [-0.15, -0.1) is 0 Å². The van der Waals surface area contributed by atoms with E-state index in [4.69, 9.17) is 9.47 Å². The number of aromatic amines is 1. The van der Waals surface area contributed by atoms with Crippen LogP contribution in [0.1, 0.15) is 23.2 Å². The first-order valence-electron chi connectivity index (χ1n) is 7.59. The van der Waals surface area contributed by atoms with Gasteiger partial charge in [0, 0.05) is 18.8 Å². The maximum absolute atomic E-state index is 13.0. The van der Waals surface area contributed by atoms with Crippen LogP contribution < -0.4 is 0 Å². The molecule has 1 fully saturated rings. The van der Waals surface area contributed by atoms with Gasteiger partial charge in [0.25, 0.3) is 0 Å². The quantitative estimate of drug-likeness (QED) is 0.871. The maximum Gasteiger partial charge on any atom is 0.342 e. The van der Waals surface area contributed by atoms with Crippen LogP contribution in [-0.4, -0.2) is 36.0 Å². The van der Waals surface area contributed by atoms with Gasteiger partial charge in [-0.25, -0.2) is 9.18 Å². The van der Waals surface area contributed by atoms with Crippen molar-refractivity contribution < 1.29 is 18.7 Å². The fourth-order valence-electron chi connectivity index (χ4n) is 2.61. The van der Waals surface area contributed by atoms with Crippen LogP contribution in [0.3, 0.4) is 0 Å². The predicted molar refractivity (Wildman–Crippen MR) is 82.4 cm³/mol. The highest BCUT2D eigenvalue weighted by atomic mass is 19.1. The molecule has 6 nitrogen and oxygen atoms in total. The zero-order valence-electron chi connectivity index (χ0n) is 12.9. The Labute approximate surface area is 138 Å². The second-order valence-corrected chi connectivity index (χ2v) is 5.75. The Morgan fingerprint density at radius 1 is 1.38 bits per heavy atom. The lowest BCUT2D eigenvalue weighted by molar-refractivity contribution is -0.00462. The van der Waals surface area contributed by atoms with E-state index >= 15 is 0 Å². The summed E-state index contributed by atoms with van der Waals surface area (Å²) in [4.78, 5) is 12.4. The molecule has 1 aliphatic rings. The lowest BCUT2D eigenvalue weighted by atomic mass is 9.83. The summed E-state index contributed by atoms with van der Waals surface area (Å²) in [6, 6.07) is 7.96. The summed E-state index contributed by atoms with van der Waals surface area (Å²) in [5.74, 6) is -0.929. The van der Waals surface area contributed by atoms with E-state index in [9.17, 15) is 14.4 Å². The van der Waals surface area contributed by atoms with Crippen LogP contribution in [0, 0.1) is 22.6 Å². The van der Waals surface area contributed by atoms with Crippen LogP contribution in [0.25, 0.3) is 11.3 Å². The molecule has 24 heavy (non-hydrogen) atoms. The molecule has 1 aromatic heterocycles. The minimum Gasteiger partial charge on any atom is -0.460 e. The molecule has 0 bridgehead atoms. The van der Waals surface area contributed by atoms with Crippen molar-refractivity contribution >= 4 is 5.97 Å². The largest absolute Gasteiger partial charge is 0.460 e. The smallest absolute Gasteiger partial charge is 0.342 e. The second kappa shape index (κ2) is 6.81. The van der Waals surface area contributed by atoms with Crippen molar-refractivity contribution in [3.05, 3.63) is 41.8 Å². The van der Waals surface area contributed by atoms with Gasteiger partial charge in [0.1, 0.15) is 18.0 Å². The molecular formula is C17H16FN3O3. The fourth-order valence-corrected chi connectivity index (χ4v) is 2.61. The molecule has 0 atom stereocenters. The van der Waals surface area contributed by atoms with Crippen molar-refractivity contribution in [3.63, 3.8) is 0 Å². The Bertz CT molecular complexity index is 758. The van der Waals surface area contributed by atoms with Crippen LogP contribution in [0.2, 0.25) is 0 Å². The number of rotatable bonds is 4. The molecule has 1 saturated heterocycles. The first kappa shape index (κ1) is 16.1. The molecular weight excluding hydrogens is 313 g/mol. The molecule has 7 heteroatoms. The highest BCUT2D eigenvalue weighted by Gasteiger charge is 2.34. The van der Waals surface area contributed by atoms with Crippen molar-refractivity contribution in [1.29, 1.82) is 5.26 Å². The first-order chi connectivity index (χ1) is 11.6. The number of carbonyl (C=O) groups is 1. The summed E-state index contributed by atoms with van der Waals surface area (Å²) in [5, 5.41) is 16.0. The second-order valence-electron chi connectivity index (χ2n) is 5.75. The van der Waals surface area contributed by atoms with Crippen LogP contribution >= 0.6 is 0 Å². The molecule has 0 saturated carbocycles. The van der Waals surface area contributed by atoms with E-state index in [-0.39, 0.29) is 18.0 Å². The van der Waals surface area contributed by atoms with E-state index in [1.807, 2.05) is 0 Å². The summed E-state index contributed by atoms with van der Waals surface area (Å²) in [7, 11) is 0. The molecule has 0 aliphatic carbocycles. The number of nitriles is 1.